The van der Waals surface area contributed by atoms with Crippen LogP contribution in [0.5, 0.6) is 0 Å². The molecule has 20 heavy (non-hydrogen) atoms. The lowest BCUT2D eigenvalue weighted by Gasteiger charge is -2.18. The highest BCUT2D eigenvalue weighted by Crippen LogP contribution is 2.22. The molecule has 7 heteroatoms. The van der Waals surface area contributed by atoms with Crippen molar-refractivity contribution in [1.82, 2.24) is 20.3 Å². The Labute approximate surface area is 119 Å². The van der Waals surface area contributed by atoms with Crippen LogP contribution in [-0.4, -0.2) is 47.2 Å². The van der Waals surface area contributed by atoms with Crippen molar-refractivity contribution in [2.24, 2.45) is 0 Å². The Morgan fingerprint density at radius 1 is 1.10 bits per heavy atom. The zero-order valence-corrected chi connectivity index (χ0v) is 12.0. The quantitative estimate of drug-likeness (QED) is 0.742. The van der Waals surface area contributed by atoms with Crippen LogP contribution >= 0.6 is 0 Å². The topological polar surface area (TPSA) is 92.0 Å². The van der Waals surface area contributed by atoms with Crippen molar-refractivity contribution in [2.45, 2.75) is 44.2 Å². The van der Waals surface area contributed by atoms with Gasteiger partial charge in [-0.15, -0.1) is 0 Å². The number of likely N-dealkylation sites (N-methyl/N-ethyl adjacent to an activating group) is 1. The van der Waals surface area contributed by atoms with Gasteiger partial charge in [0, 0.05) is 25.2 Å². The highest BCUT2D eigenvalue weighted by atomic mass is 15.3. The normalized spacial score (nSPS) is 23.4. The molecule has 0 radical (unpaired) electrons. The molecule has 3 rings (SSSR count). The van der Waals surface area contributed by atoms with Gasteiger partial charge in [-0.3, -0.25) is 0 Å². The van der Waals surface area contributed by atoms with Crippen LogP contribution in [0.2, 0.25) is 0 Å². The van der Waals surface area contributed by atoms with Crippen molar-refractivity contribution >= 4 is 17.8 Å². The molecule has 110 valence electrons. The summed E-state index contributed by atoms with van der Waals surface area (Å²) < 4.78 is 0. The number of nitrogens with one attached hydrogen (secondary N) is 2. The van der Waals surface area contributed by atoms with E-state index in [4.69, 9.17) is 5.73 Å². The molecule has 0 bridgehead atoms. The van der Waals surface area contributed by atoms with E-state index >= 15 is 0 Å². The monoisotopic (exact) mass is 277 g/mol. The van der Waals surface area contributed by atoms with E-state index in [9.17, 15) is 0 Å². The fourth-order valence-electron chi connectivity index (χ4n) is 3.02. The summed E-state index contributed by atoms with van der Waals surface area (Å²) in [5, 5.41) is 6.68. The predicted molar refractivity (Wildman–Crippen MR) is 79.8 cm³/mol. The minimum Gasteiger partial charge on any atom is -0.368 e. The Bertz CT molecular complexity index is 458. The molecule has 1 aromatic heterocycles. The highest BCUT2D eigenvalue weighted by molar-refractivity contribution is 5.43. The zero-order chi connectivity index (χ0) is 13.9. The summed E-state index contributed by atoms with van der Waals surface area (Å²) in [5.41, 5.74) is 5.82. The van der Waals surface area contributed by atoms with Crippen LogP contribution in [0.3, 0.4) is 0 Å². The molecule has 1 saturated heterocycles. The second-order valence-corrected chi connectivity index (χ2v) is 5.66. The third-order valence-electron chi connectivity index (χ3n) is 4.21. The number of hydrogen-bond donors (Lipinski definition) is 3. The van der Waals surface area contributed by atoms with Crippen LogP contribution in [0.15, 0.2) is 0 Å². The minimum absolute atomic E-state index is 0.295. The van der Waals surface area contributed by atoms with E-state index in [-0.39, 0.29) is 0 Å². The molecule has 2 heterocycles. The number of rotatable bonds is 4. The van der Waals surface area contributed by atoms with Crippen LogP contribution in [0.4, 0.5) is 17.8 Å². The van der Waals surface area contributed by atoms with Crippen molar-refractivity contribution in [2.75, 3.05) is 36.1 Å². The summed E-state index contributed by atoms with van der Waals surface area (Å²) in [6, 6.07) is 0.979. The van der Waals surface area contributed by atoms with Crippen molar-refractivity contribution in [3.05, 3.63) is 0 Å². The third-order valence-corrected chi connectivity index (χ3v) is 4.21. The van der Waals surface area contributed by atoms with E-state index < -0.39 is 0 Å². The third kappa shape index (κ3) is 2.92. The number of nitrogen functional groups attached to an aromatic ring is 1. The fraction of sp³-hybridized carbons (Fsp3) is 0.769. The lowest BCUT2D eigenvalue weighted by Crippen LogP contribution is -2.30. The second kappa shape index (κ2) is 5.78. The van der Waals surface area contributed by atoms with Gasteiger partial charge in [-0.2, -0.15) is 15.0 Å². The molecular weight excluding hydrogens is 254 g/mol. The first-order valence-electron chi connectivity index (χ1n) is 7.45. The van der Waals surface area contributed by atoms with E-state index in [1.165, 1.54) is 25.7 Å². The van der Waals surface area contributed by atoms with Crippen LogP contribution in [-0.2, 0) is 0 Å². The summed E-state index contributed by atoms with van der Waals surface area (Å²) in [6.07, 6.45) is 6.04. The maximum atomic E-state index is 5.82. The van der Waals surface area contributed by atoms with Gasteiger partial charge in [-0.05, 0) is 26.3 Å². The molecule has 1 aliphatic carbocycles. The molecule has 1 aliphatic heterocycles. The molecule has 2 aliphatic rings. The maximum Gasteiger partial charge on any atom is 0.232 e. The molecule has 4 N–H and O–H groups in total. The molecule has 0 amide bonds. The average Bonchev–Trinajstić information content (AvgIpc) is 3.08. The molecule has 0 unspecified atom stereocenters. The van der Waals surface area contributed by atoms with Crippen LogP contribution < -0.4 is 21.3 Å². The lowest BCUT2D eigenvalue weighted by atomic mass is 10.3. The molecule has 0 aromatic carbocycles. The van der Waals surface area contributed by atoms with Crippen molar-refractivity contribution < 1.29 is 0 Å². The minimum atomic E-state index is 0.295. The van der Waals surface area contributed by atoms with Crippen molar-refractivity contribution in [3.8, 4) is 0 Å². The lowest BCUT2D eigenvalue weighted by molar-refractivity contribution is 0.616. The van der Waals surface area contributed by atoms with E-state index in [0.717, 1.165) is 19.5 Å². The Kier molecular flexibility index (Phi) is 3.86. The number of nitrogens with two attached hydrogens (primary N) is 1. The van der Waals surface area contributed by atoms with E-state index in [0.29, 0.717) is 29.9 Å². The Morgan fingerprint density at radius 3 is 2.60 bits per heavy atom. The summed E-state index contributed by atoms with van der Waals surface area (Å²) in [5.74, 6) is 1.60. The van der Waals surface area contributed by atoms with Gasteiger partial charge >= 0.3 is 0 Å². The van der Waals surface area contributed by atoms with Gasteiger partial charge in [0.1, 0.15) is 0 Å². The van der Waals surface area contributed by atoms with Gasteiger partial charge in [0.05, 0.1) is 0 Å². The summed E-state index contributed by atoms with van der Waals surface area (Å²) in [6.45, 7) is 1.88. The number of nitrogens with zero attached hydrogens (tertiary/aromatic N) is 4. The van der Waals surface area contributed by atoms with Crippen molar-refractivity contribution in [1.29, 1.82) is 0 Å². The summed E-state index contributed by atoms with van der Waals surface area (Å²) >= 11 is 0. The summed E-state index contributed by atoms with van der Waals surface area (Å²) in [7, 11) is 1.99. The first kappa shape index (κ1) is 13.4. The predicted octanol–water partition coefficient (Wildman–Crippen LogP) is 0.606. The Hall–Kier alpha value is -1.63. The number of aromatic nitrogens is 3. The van der Waals surface area contributed by atoms with E-state index in [1.54, 1.807) is 0 Å². The van der Waals surface area contributed by atoms with Crippen LogP contribution in [0.1, 0.15) is 32.1 Å². The first-order valence-corrected chi connectivity index (χ1v) is 7.45. The van der Waals surface area contributed by atoms with Gasteiger partial charge in [-0.1, -0.05) is 12.8 Å². The number of anilines is 3. The van der Waals surface area contributed by atoms with E-state index in [2.05, 4.69) is 30.5 Å². The molecule has 1 atom stereocenters. The maximum absolute atomic E-state index is 5.82. The molecule has 0 spiro atoms. The molecular formula is C13H23N7. The second-order valence-electron chi connectivity index (χ2n) is 5.66. The largest absolute Gasteiger partial charge is 0.368 e. The van der Waals surface area contributed by atoms with E-state index in [1.807, 2.05) is 7.05 Å². The summed E-state index contributed by atoms with van der Waals surface area (Å²) in [4.78, 5) is 15.2. The first-order chi connectivity index (χ1) is 9.74. The van der Waals surface area contributed by atoms with Gasteiger partial charge in [0.15, 0.2) is 0 Å². The smallest absolute Gasteiger partial charge is 0.232 e. The van der Waals surface area contributed by atoms with Gasteiger partial charge in [-0.25, -0.2) is 0 Å². The standard InChI is InChI=1S/C13H23N7/c1-15-10-6-7-20(8-10)13-18-11(14)17-12(19-13)16-9-4-2-3-5-9/h9-10,15H,2-8H2,1H3,(H3,14,16,17,18,19)/t10-/m1/s1. The average molecular weight is 277 g/mol. The SMILES string of the molecule is CN[C@@H]1CCN(c2nc(N)nc(NC3CCCC3)n2)C1. The highest BCUT2D eigenvalue weighted by Gasteiger charge is 2.24. The molecule has 7 nitrogen and oxygen atoms in total. The Morgan fingerprint density at radius 2 is 1.90 bits per heavy atom. The molecule has 1 aromatic rings. The fourth-order valence-corrected chi connectivity index (χ4v) is 3.02. The van der Waals surface area contributed by atoms with Crippen LogP contribution in [0, 0.1) is 0 Å². The molecule has 1 saturated carbocycles. The Balaban J connectivity index is 1.72. The van der Waals surface area contributed by atoms with Gasteiger partial charge in [0.25, 0.3) is 0 Å². The van der Waals surface area contributed by atoms with Crippen LogP contribution in [0.25, 0.3) is 0 Å². The van der Waals surface area contributed by atoms with Crippen molar-refractivity contribution in [3.63, 3.8) is 0 Å². The molecule has 2 fully saturated rings. The van der Waals surface area contributed by atoms with Gasteiger partial charge < -0.3 is 21.3 Å². The van der Waals surface area contributed by atoms with Gasteiger partial charge in [0.2, 0.25) is 17.8 Å². The zero-order valence-electron chi connectivity index (χ0n) is 12.0. The number of hydrogen-bond acceptors (Lipinski definition) is 7.